The van der Waals surface area contributed by atoms with Gasteiger partial charge in [-0.15, -0.1) is 0 Å². The van der Waals surface area contributed by atoms with E-state index in [-0.39, 0.29) is 0 Å². The first-order chi connectivity index (χ1) is 10.2. The van der Waals surface area contributed by atoms with Gasteiger partial charge in [0.25, 0.3) is 0 Å². The fraction of sp³-hybridized carbons (Fsp3) is 0.235. The van der Waals surface area contributed by atoms with E-state index in [2.05, 4.69) is 17.5 Å². The van der Waals surface area contributed by atoms with E-state index in [1.807, 2.05) is 55.5 Å². The van der Waals surface area contributed by atoms with Crippen LogP contribution in [0.15, 0.2) is 53.6 Å². The number of anilines is 1. The normalized spacial score (nSPS) is 11.3. The highest BCUT2D eigenvalue weighted by Gasteiger charge is 2.00. The molecule has 2 aromatic rings. The van der Waals surface area contributed by atoms with Crippen LogP contribution in [0.5, 0.6) is 5.75 Å². The second kappa shape index (κ2) is 7.70. The van der Waals surface area contributed by atoms with Gasteiger partial charge in [0.05, 0.1) is 23.0 Å². The van der Waals surface area contributed by atoms with Crippen LogP contribution in [0.2, 0.25) is 5.02 Å². The Morgan fingerprint density at radius 3 is 2.52 bits per heavy atom. The van der Waals surface area contributed by atoms with Crippen molar-refractivity contribution in [3.63, 3.8) is 0 Å². The van der Waals surface area contributed by atoms with Crippen molar-refractivity contribution in [2.75, 3.05) is 12.0 Å². The van der Waals surface area contributed by atoms with Crippen LogP contribution in [0, 0.1) is 0 Å². The molecule has 0 atom stereocenters. The summed E-state index contributed by atoms with van der Waals surface area (Å²) in [4.78, 5) is 0. The Morgan fingerprint density at radius 2 is 1.86 bits per heavy atom. The molecule has 0 aliphatic heterocycles. The van der Waals surface area contributed by atoms with Gasteiger partial charge in [-0.1, -0.05) is 30.7 Å². The van der Waals surface area contributed by atoms with Crippen LogP contribution < -0.4 is 10.2 Å². The summed E-state index contributed by atoms with van der Waals surface area (Å²) in [5, 5.41) is 5.01. The molecular formula is C17H19ClN2O. The number of hydrazone groups is 1. The lowest BCUT2D eigenvalue weighted by molar-refractivity contribution is 0.317. The quantitative estimate of drug-likeness (QED) is 0.604. The molecule has 3 nitrogen and oxygen atoms in total. The Balaban J connectivity index is 2.03. The van der Waals surface area contributed by atoms with Crippen molar-refractivity contribution in [2.45, 2.75) is 20.3 Å². The second-order valence-corrected chi connectivity index (χ2v) is 5.07. The number of benzene rings is 2. The van der Waals surface area contributed by atoms with Crippen molar-refractivity contribution in [3.05, 3.63) is 59.1 Å². The van der Waals surface area contributed by atoms with Crippen molar-refractivity contribution in [2.24, 2.45) is 5.10 Å². The molecule has 0 saturated carbocycles. The monoisotopic (exact) mass is 302 g/mol. The van der Waals surface area contributed by atoms with Crippen LogP contribution in [0.3, 0.4) is 0 Å². The standard InChI is InChI=1S/C17H19ClN2O/c1-3-12-21-15-10-8-14(9-11-15)13(2)19-20-17-7-5-4-6-16(17)18/h4-11,20H,3,12H2,1-2H3/b19-13-. The highest BCUT2D eigenvalue weighted by molar-refractivity contribution is 6.33. The largest absolute Gasteiger partial charge is 0.494 e. The topological polar surface area (TPSA) is 33.6 Å². The maximum atomic E-state index is 6.07. The maximum absolute atomic E-state index is 6.07. The average Bonchev–Trinajstić information content (AvgIpc) is 2.52. The zero-order valence-electron chi connectivity index (χ0n) is 12.3. The molecule has 0 radical (unpaired) electrons. The van der Waals surface area contributed by atoms with Gasteiger partial charge >= 0.3 is 0 Å². The van der Waals surface area contributed by atoms with Gasteiger partial charge in [0.2, 0.25) is 0 Å². The van der Waals surface area contributed by atoms with Gasteiger partial charge < -0.3 is 4.74 Å². The molecule has 4 heteroatoms. The highest BCUT2D eigenvalue weighted by atomic mass is 35.5. The second-order valence-electron chi connectivity index (χ2n) is 4.66. The molecule has 0 fully saturated rings. The third-order valence-corrected chi connectivity index (χ3v) is 3.29. The molecule has 0 saturated heterocycles. The SMILES string of the molecule is CCCOc1ccc(/C(C)=N\Nc2ccccc2Cl)cc1. The summed E-state index contributed by atoms with van der Waals surface area (Å²) < 4.78 is 5.56. The molecule has 1 N–H and O–H groups in total. The summed E-state index contributed by atoms with van der Waals surface area (Å²) in [7, 11) is 0. The van der Waals surface area contributed by atoms with E-state index >= 15 is 0 Å². The van der Waals surface area contributed by atoms with Gasteiger partial charge in [-0.2, -0.15) is 5.10 Å². The zero-order valence-corrected chi connectivity index (χ0v) is 13.0. The molecule has 0 aliphatic rings. The minimum absolute atomic E-state index is 0.650. The van der Waals surface area contributed by atoms with Crippen LogP contribution in [0.1, 0.15) is 25.8 Å². The van der Waals surface area contributed by atoms with Crippen LogP contribution in [-0.4, -0.2) is 12.3 Å². The van der Waals surface area contributed by atoms with E-state index in [0.717, 1.165) is 35.7 Å². The van der Waals surface area contributed by atoms with Crippen molar-refractivity contribution >= 4 is 23.0 Å². The van der Waals surface area contributed by atoms with Gasteiger partial charge in [-0.05, 0) is 55.3 Å². The number of nitrogens with zero attached hydrogens (tertiary/aromatic N) is 1. The van der Waals surface area contributed by atoms with E-state index in [1.165, 1.54) is 0 Å². The van der Waals surface area contributed by atoms with Gasteiger partial charge in [0.15, 0.2) is 0 Å². The first-order valence-electron chi connectivity index (χ1n) is 6.98. The van der Waals surface area contributed by atoms with Crippen molar-refractivity contribution < 1.29 is 4.74 Å². The summed E-state index contributed by atoms with van der Waals surface area (Å²) in [5.41, 5.74) is 5.70. The molecule has 0 unspecified atom stereocenters. The fourth-order valence-corrected chi connectivity index (χ4v) is 1.95. The van der Waals surface area contributed by atoms with Gasteiger partial charge in [0.1, 0.15) is 5.75 Å². The fourth-order valence-electron chi connectivity index (χ4n) is 1.77. The number of hydrogen-bond donors (Lipinski definition) is 1. The molecule has 0 aromatic heterocycles. The Hall–Kier alpha value is -2.00. The third-order valence-electron chi connectivity index (χ3n) is 2.96. The van der Waals surface area contributed by atoms with Gasteiger partial charge in [-0.3, -0.25) is 5.43 Å². The number of nitrogens with one attached hydrogen (secondary N) is 1. The smallest absolute Gasteiger partial charge is 0.119 e. The van der Waals surface area contributed by atoms with Crippen molar-refractivity contribution in [3.8, 4) is 5.75 Å². The van der Waals surface area contributed by atoms with Gasteiger partial charge in [0, 0.05) is 0 Å². The predicted molar refractivity (Wildman–Crippen MR) is 89.5 cm³/mol. The minimum Gasteiger partial charge on any atom is -0.494 e. The molecular weight excluding hydrogens is 284 g/mol. The van der Waals surface area contributed by atoms with Crippen LogP contribution in [-0.2, 0) is 0 Å². The first-order valence-corrected chi connectivity index (χ1v) is 7.36. The van der Waals surface area contributed by atoms with Crippen LogP contribution in [0.4, 0.5) is 5.69 Å². The maximum Gasteiger partial charge on any atom is 0.119 e. The number of para-hydroxylation sites is 1. The van der Waals surface area contributed by atoms with Crippen LogP contribution in [0.25, 0.3) is 0 Å². The lowest BCUT2D eigenvalue weighted by atomic mass is 10.1. The molecule has 0 spiro atoms. The molecule has 2 rings (SSSR count). The predicted octanol–water partition coefficient (Wildman–Crippen LogP) is 4.96. The Morgan fingerprint density at radius 1 is 1.14 bits per heavy atom. The molecule has 0 bridgehead atoms. The summed E-state index contributed by atoms with van der Waals surface area (Å²) in [6.07, 6.45) is 1.00. The van der Waals surface area contributed by atoms with Crippen LogP contribution >= 0.6 is 11.6 Å². The first kappa shape index (κ1) is 15.4. The number of ether oxygens (including phenoxy) is 1. The molecule has 110 valence electrons. The lowest BCUT2D eigenvalue weighted by Gasteiger charge is -2.07. The van der Waals surface area contributed by atoms with Gasteiger partial charge in [-0.25, -0.2) is 0 Å². The van der Waals surface area contributed by atoms with E-state index in [9.17, 15) is 0 Å². The molecule has 0 aliphatic carbocycles. The average molecular weight is 303 g/mol. The molecule has 2 aromatic carbocycles. The van der Waals surface area contributed by atoms with E-state index in [4.69, 9.17) is 16.3 Å². The van der Waals surface area contributed by atoms with E-state index in [0.29, 0.717) is 5.02 Å². The number of rotatable bonds is 6. The Kier molecular flexibility index (Phi) is 5.64. The summed E-state index contributed by atoms with van der Waals surface area (Å²) in [6.45, 7) is 4.78. The third kappa shape index (κ3) is 4.50. The summed E-state index contributed by atoms with van der Waals surface area (Å²) >= 11 is 6.07. The Bertz CT molecular complexity index is 608. The Labute approximate surface area is 130 Å². The zero-order chi connectivity index (χ0) is 15.1. The lowest BCUT2D eigenvalue weighted by Crippen LogP contribution is -2.00. The summed E-state index contributed by atoms with van der Waals surface area (Å²) in [5.74, 6) is 0.882. The number of halogens is 1. The van der Waals surface area contributed by atoms with Crippen molar-refractivity contribution in [1.82, 2.24) is 0 Å². The van der Waals surface area contributed by atoms with Crippen molar-refractivity contribution in [1.29, 1.82) is 0 Å². The molecule has 0 heterocycles. The summed E-state index contributed by atoms with van der Waals surface area (Å²) in [6, 6.07) is 15.4. The molecule has 0 amide bonds. The van der Waals surface area contributed by atoms with E-state index in [1.54, 1.807) is 0 Å². The number of hydrogen-bond acceptors (Lipinski definition) is 3. The molecule has 21 heavy (non-hydrogen) atoms. The minimum atomic E-state index is 0.650. The highest BCUT2D eigenvalue weighted by Crippen LogP contribution is 2.20. The van der Waals surface area contributed by atoms with E-state index < -0.39 is 0 Å².